The van der Waals surface area contributed by atoms with Gasteiger partial charge in [0.25, 0.3) is 0 Å². The quantitative estimate of drug-likeness (QED) is 0.856. The molecule has 0 N–H and O–H groups in total. The Balaban J connectivity index is 2.35. The van der Waals surface area contributed by atoms with E-state index in [-0.39, 0.29) is 17.1 Å². The summed E-state index contributed by atoms with van der Waals surface area (Å²) in [5.74, 6) is 0.332. The summed E-state index contributed by atoms with van der Waals surface area (Å²) in [6.07, 6.45) is 0.844. The van der Waals surface area contributed by atoms with Gasteiger partial charge in [-0.15, -0.1) is 0 Å². The maximum Gasteiger partial charge on any atom is 0.179 e. The molecule has 106 valence electrons. The highest BCUT2D eigenvalue weighted by molar-refractivity contribution is 7.91. The molecule has 0 aliphatic carbocycles. The van der Waals surface area contributed by atoms with Crippen LogP contribution in [0.1, 0.15) is 32.8 Å². The second kappa shape index (κ2) is 5.25. The van der Waals surface area contributed by atoms with Crippen molar-refractivity contribution in [3.05, 3.63) is 29.8 Å². The molecule has 0 spiro atoms. The molecule has 1 heterocycles. The lowest BCUT2D eigenvalue weighted by Crippen LogP contribution is -2.21. The summed E-state index contributed by atoms with van der Waals surface area (Å²) < 4.78 is 30.5. The van der Waals surface area contributed by atoms with Gasteiger partial charge in [-0.2, -0.15) is 0 Å². The molecule has 1 aromatic rings. The van der Waals surface area contributed by atoms with Gasteiger partial charge in [0.05, 0.1) is 17.3 Å². The second-order valence-electron chi connectivity index (χ2n) is 6.26. The van der Waals surface area contributed by atoms with E-state index in [2.05, 4.69) is 0 Å². The number of rotatable bonds is 3. The predicted octanol–water partition coefficient (Wildman–Crippen LogP) is 2.79. The van der Waals surface area contributed by atoms with Crippen molar-refractivity contribution in [3.8, 4) is 0 Å². The number of hydrogen-bond donors (Lipinski definition) is 0. The van der Waals surface area contributed by atoms with Crippen LogP contribution < -0.4 is 0 Å². The van der Waals surface area contributed by atoms with Crippen molar-refractivity contribution in [1.82, 2.24) is 0 Å². The van der Waals surface area contributed by atoms with E-state index < -0.39 is 9.84 Å². The molecule has 2 rings (SSSR count). The topological polar surface area (TPSA) is 43.4 Å². The van der Waals surface area contributed by atoms with Gasteiger partial charge in [-0.3, -0.25) is 0 Å². The van der Waals surface area contributed by atoms with Crippen molar-refractivity contribution >= 4 is 9.84 Å². The number of hydrogen-bond acceptors (Lipinski definition) is 3. The zero-order valence-corrected chi connectivity index (χ0v) is 12.7. The standard InChI is InChI=1S/C15H22O3S/c1-15(2,3)13-6-4-5-7-14(13)19(16,17)11-12-8-9-18-10-12/h4-7,12H,8-11H2,1-3H3. The van der Waals surface area contributed by atoms with E-state index in [0.717, 1.165) is 12.0 Å². The van der Waals surface area contributed by atoms with Crippen LogP contribution in [-0.4, -0.2) is 27.4 Å². The first-order valence-corrected chi connectivity index (χ1v) is 8.36. The van der Waals surface area contributed by atoms with Crippen LogP contribution in [0, 0.1) is 5.92 Å². The summed E-state index contributed by atoms with van der Waals surface area (Å²) in [5.41, 5.74) is 0.726. The summed E-state index contributed by atoms with van der Waals surface area (Å²) >= 11 is 0. The van der Waals surface area contributed by atoms with E-state index >= 15 is 0 Å². The van der Waals surface area contributed by atoms with Gasteiger partial charge in [0.2, 0.25) is 0 Å². The largest absolute Gasteiger partial charge is 0.381 e. The molecule has 1 aliphatic rings. The smallest absolute Gasteiger partial charge is 0.179 e. The van der Waals surface area contributed by atoms with Gasteiger partial charge < -0.3 is 4.74 Å². The molecule has 0 saturated carbocycles. The maximum atomic E-state index is 12.6. The molecule has 0 aromatic heterocycles. The lowest BCUT2D eigenvalue weighted by Gasteiger charge is -2.23. The first-order valence-electron chi connectivity index (χ1n) is 6.71. The van der Waals surface area contributed by atoms with E-state index in [4.69, 9.17) is 4.74 Å². The third-order valence-electron chi connectivity index (χ3n) is 3.51. The summed E-state index contributed by atoms with van der Waals surface area (Å²) in [4.78, 5) is 0.481. The molecule has 19 heavy (non-hydrogen) atoms. The van der Waals surface area contributed by atoms with Crippen LogP contribution in [0.2, 0.25) is 0 Å². The van der Waals surface area contributed by atoms with Crippen molar-refractivity contribution < 1.29 is 13.2 Å². The van der Waals surface area contributed by atoms with Crippen LogP contribution in [0.25, 0.3) is 0 Å². The van der Waals surface area contributed by atoms with Crippen LogP contribution in [-0.2, 0) is 20.0 Å². The minimum atomic E-state index is -3.24. The molecular weight excluding hydrogens is 260 g/mol. The highest BCUT2D eigenvalue weighted by Crippen LogP contribution is 2.30. The average molecular weight is 282 g/mol. The van der Waals surface area contributed by atoms with E-state index in [1.165, 1.54) is 0 Å². The Morgan fingerprint density at radius 2 is 1.95 bits per heavy atom. The van der Waals surface area contributed by atoms with Crippen LogP contribution in [0.15, 0.2) is 29.2 Å². The minimum Gasteiger partial charge on any atom is -0.381 e. The Kier molecular flexibility index (Phi) is 4.02. The van der Waals surface area contributed by atoms with E-state index in [9.17, 15) is 8.42 Å². The molecular formula is C15H22O3S. The zero-order valence-electron chi connectivity index (χ0n) is 11.8. The molecule has 1 atom stereocenters. The van der Waals surface area contributed by atoms with E-state index in [1.807, 2.05) is 32.9 Å². The van der Waals surface area contributed by atoms with Gasteiger partial charge in [-0.25, -0.2) is 8.42 Å². The van der Waals surface area contributed by atoms with Gasteiger partial charge in [0.1, 0.15) is 0 Å². The highest BCUT2D eigenvalue weighted by Gasteiger charge is 2.29. The van der Waals surface area contributed by atoms with Crippen molar-refractivity contribution in [1.29, 1.82) is 0 Å². The van der Waals surface area contributed by atoms with E-state index in [1.54, 1.807) is 12.1 Å². The van der Waals surface area contributed by atoms with Crippen molar-refractivity contribution in [2.45, 2.75) is 37.5 Å². The lowest BCUT2D eigenvalue weighted by atomic mass is 9.87. The predicted molar refractivity (Wildman–Crippen MR) is 76.1 cm³/mol. The average Bonchev–Trinajstić information content (AvgIpc) is 2.80. The Labute approximate surface area is 115 Å². The SMILES string of the molecule is CC(C)(C)c1ccccc1S(=O)(=O)CC1CCOC1. The molecule has 0 bridgehead atoms. The summed E-state index contributed by atoms with van der Waals surface area (Å²) in [5, 5.41) is 0. The first kappa shape index (κ1) is 14.5. The molecule has 4 heteroatoms. The molecule has 1 aromatic carbocycles. The molecule has 3 nitrogen and oxygen atoms in total. The second-order valence-corrected chi connectivity index (χ2v) is 8.26. The lowest BCUT2D eigenvalue weighted by molar-refractivity contribution is 0.188. The molecule has 0 radical (unpaired) electrons. The normalized spacial score (nSPS) is 20.7. The van der Waals surface area contributed by atoms with Crippen LogP contribution in [0.5, 0.6) is 0 Å². The van der Waals surface area contributed by atoms with Crippen LogP contribution in [0.3, 0.4) is 0 Å². The Morgan fingerprint density at radius 1 is 1.26 bits per heavy atom. The van der Waals surface area contributed by atoms with Crippen molar-refractivity contribution in [3.63, 3.8) is 0 Å². The zero-order chi connectivity index (χ0) is 14.1. The van der Waals surface area contributed by atoms with Crippen molar-refractivity contribution in [2.24, 2.45) is 5.92 Å². The van der Waals surface area contributed by atoms with Gasteiger partial charge in [-0.1, -0.05) is 39.0 Å². The third kappa shape index (κ3) is 3.37. The van der Waals surface area contributed by atoms with Gasteiger partial charge in [-0.05, 0) is 29.4 Å². The summed E-state index contributed by atoms with van der Waals surface area (Å²) in [6.45, 7) is 7.37. The van der Waals surface area contributed by atoms with Crippen LogP contribution in [0.4, 0.5) is 0 Å². The third-order valence-corrected chi connectivity index (χ3v) is 5.45. The van der Waals surface area contributed by atoms with Gasteiger partial charge in [0, 0.05) is 6.61 Å². The maximum absolute atomic E-state index is 12.6. The Morgan fingerprint density at radius 3 is 2.53 bits per heavy atom. The fraction of sp³-hybridized carbons (Fsp3) is 0.600. The van der Waals surface area contributed by atoms with Gasteiger partial charge in [0.15, 0.2) is 9.84 Å². The molecule has 1 aliphatic heterocycles. The van der Waals surface area contributed by atoms with Crippen molar-refractivity contribution in [2.75, 3.05) is 19.0 Å². The summed E-state index contributed by atoms with van der Waals surface area (Å²) in [6, 6.07) is 7.34. The monoisotopic (exact) mass is 282 g/mol. The number of sulfone groups is 1. The minimum absolute atomic E-state index is 0.137. The molecule has 1 fully saturated rings. The van der Waals surface area contributed by atoms with Gasteiger partial charge >= 0.3 is 0 Å². The Hall–Kier alpha value is -0.870. The first-order chi connectivity index (χ1) is 8.81. The summed E-state index contributed by atoms with van der Waals surface area (Å²) in [7, 11) is -3.24. The number of ether oxygens (including phenoxy) is 1. The van der Waals surface area contributed by atoms with E-state index in [0.29, 0.717) is 18.1 Å². The molecule has 1 unspecified atom stereocenters. The fourth-order valence-electron chi connectivity index (χ4n) is 2.47. The molecule has 0 amide bonds. The highest BCUT2D eigenvalue weighted by atomic mass is 32.2. The van der Waals surface area contributed by atoms with Crippen LogP contribution >= 0.6 is 0 Å². The molecule has 1 saturated heterocycles. The fourth-order valence-corrected chi connectivity index (χ4v) is 4.53. The number of benzene rings is 1. The Bertz CT molecular complexity index is 535.